The number of fused-ring (bicyclic) bond motifs is 1. The van der Waals surface area contributed by atoms with Gasteiger partial charge in [0.1, 0.15) is 0 Å². The molecule has 6 heteroatoms. The lowest BCUT2D eigenvalue weighted by Crippen LogP contribution is -2.17. The molecular weight excluding hydrogens is 268 g/mol. The molecule has 21 heavy (non-hydrogen) atoms. The number of H-pyrrole nitrogens is 1. The third kappa shape index (κ3) is 2.20. The summed E-state index contributed by atoms with van der Waals surface area (Å²) in [6.45, 7) is 0. The standard InChI is InChI=1S/C15H14N4O2/c1-16-14(20)10-5-3-4-9(6-10)11-7-12-13(17-8-11)18-15(21)19(12)2/h3-8H,1-2H3,(H,16,20)(H,17,18,21). The zero-order chi connectivity index (χ0) is 15.0. The van der Waals surface area contributed by atoms with Crippen LogP contribution in [0.25, 0.3) is 22.3 Å². The van der Waals surface area contributed by atoms with Gasteiger partial charge in [-0.2, -0.15) is 0 Å². The largest absolute Gasteiger partial charge is 0.355 e. The van der Waals surface area contributed by atoms with Crippen molar-refractivity contribution >= 4 is 17.1 Å². The van der Waals surface area contributed by atoms with Gasteiger partial charge in [-0.1, -0.05) is 12.1 Å². The van der Waals surface area contributed by atoms with Gasteiger partial charge in [0.05, 0.1) is 5.52 Å². The molecule has 0 saturated carbocycles. The molecule has 2 heterocycles. The van der Waals surface area contributed by atoms with E-state index in [0.29, 0.717) is 11.2 Å². The van der Waals surface area contributed by atoms with Crippen LogP contribution >= 0.6 is 0 Å². The fourth-order valence-electron chi connectivity index (χ4n) is 2.24. The highest BCUT2D eigenvalue weighted by Gasteiger charge is 2.09. The van der Waals surface area contributed by atoms with E-state index in [1.165, 1.54) is 4.57 Å². The van der Waals surface area contributed by atoms with Gasteiger partial charge in [0.25, 0.3) is 5.91 Å². The molecule has 0 aliphatic rings. The fourth-order valence-corrected chi connectivity index (χ4v) is 2.24. The zero-order valence-electron chi connectivity index (χ0n) is 11.7. The van der Waals surface area contributed by atoms with Crippen molar-refractivity contribution in [2.24, 2.45) is 7.05 Å². The highest BCUT2D eigenvalue weighted by molar-refractivity contribution is 5.95. The second-order valence-corrected chi connectivity index (χ2v) is 4.74. The van der Waals surface area contributed by atoms with Crippen molar-refractivity contribution in [3.05, 3.63) is 52.6 Å². The Kier molecular flexibility index (Phi) is 3.06. The lowest BCUT2D eigenvalue weighted by Gasteiger charge is -2.05. The van der Waals surface area contributed by atoms with E-state index in [0.717, 1.165) is 16.6 Å². The second kappa shape index (κ2) is 4.90. The molecule has 2 aromatic heterocycles. The lowest BCUT2D eigenvalue weighted by molar-refractivity contribution is 0.0963. The Morgan fingerprint density at radius 2 is 2.10 bits per heavy atom. The molecule has 0 spiro atoms. The Hall–Kier alpha value is -2.89. The maximum absolute atomic E-state index is 11.7. The van der Waals surface area contributed by atoms with E-state index in [2.05, 4.69) is 15.3 Å². The number of aromatic amines is 1. The number of benzene rings is 1. The molecule has 0 aliphatic heterocycles. The van der Waals surface area contributed by atoms with E-state index in [1.807, 2.05) is 18.2 Å². The second-order valence-electron chi connectivity index (χ2n) is 4.74. The van der Waals surface area contributed by atoms with Gasteiger partial charge in [-0.05, 0) is 23.8 Å². The molecule has 0 radical (unpaired) electrons. The maximum atomic E-state index is 11.7. The van der Waals surface area contributed by atoms with Crippen LogP contribution in [0, 0.1) is 0 Å². The third-order valence-electron chi connectivity index (χ3n) is 3.44. The summed E-state index contributed by atoms with van der Waals surface area (Å²) in [6.07, 6.45) is 1.68. The van der Waals surface area contributed by atoms with Gasteiger partial charge >= 0.3 is 5.69 Å². The first-order valence-electron chi connectivity index (χ1n) is 6.47. The Bertz CT molecular complexity index is 892. The van der Waals surface area contributed by atoms with Gasteiger partial charge < -0.3 is 5.32 Å². The summed E-state index contributed by atoms with van der Waals surface area (Å²) in [6, 6.07) is 9.15. The van der Waals surface area contributed by atoms with E-state index in [9.17, 15) is 9.59 Å². The number of nitrogens with zero attached hydrogens (tertiary/aromatic N) is 2. The summed E-state index contributed by atoms with van der Waals surface area (Å²) in [5.41, 5.74) is 3.38. The van der Waals surface area contributed by atoms with Gasteiger partial charge in [-0.3, -0.25) is 14.3 Å². The van der Waals surface area contributed by atoms with Crippen LogP contribution in [0.5, 0.6) is 0 Å². The molecule has 2 N–H and O–H groups in total. The van der Waals surface area contributed by atoms with Crippen molar-refractivity contribution in [3.8, 4) is 11.1 Å². The van der Waals surface area contributed by atoms with E-state index in [-0.39, 0.29) is 11.6 Å². The average molecular weight is 282 g/mol. The van der Waals surface area contributed by atoms with Gasteiger partial charge in [-0.15, -0.1) is 0 Å². The number of hydrogen-bond donors (Lipinski definition) is 2. The molecule has 0 bridgehead atoms. The van der Waals surface area contributed by atoms with E-state index in [4.69, 9.17) is 0 Å². The molecule has 3 rings (SSSR count). The summed E-state index contributed by atoms with van der Waals surface area (Å²) in [5, 5.41) is 2.60. The number of hydrogen-bond acceptors (Lipinski definition) is 3. The van der Waals surface area contributed by atoms with Crippen LogP contribution in [0.15, 0.2) is 41.3 Å². The van der Waals surface area contributed by atoms with Crippen molar-refractivity contribution in [2.75, 3.05) is 7.05 Å². The minimum atomic E-state index is -0.200. The summed E-state index contributed by atoms with van der Waals surface area (Å²) in [5.74, 6) is -0.139. The quantitative estimate of drug-likeness (QED) is 0.743. The van der Waals surface area contributed by atoms with E-state index < -0.39 is 0 Å². The first-order chi connectivity index (χ1) is 10.1. The van der Waals surface area contributed by atoms with Gasteiger partial charge in [-0.25, -0.2) is 9.78 Å². The Labute approximate surface area is 120 Å². The number of amides is 1. The number of carbonyl (C=O) groups excluding carboxylic acids is 1. The van der Waals surface area contributed by atoms with E-state index >= 15 is 0 Å². The predicted octanol–water partition coefficient (Wildman–Crippen LogP) is 1.29. The van der Waals surface area contributed by atoms with Crippen LogP contribution in [-0.2, 0) is 7.05 Å². The molecule has 106 valence electrons. The highest BCUT2D eigenvalue weighted by atomic mass is 16.2. The van der Waals surface area contributed by atoms with Gasteiger partial charge in [0, 0.05) is 31.4 Å². The smallest absolute Gasteiger partial charge is 0.327 e. The average Bonchev–Trinajstić information content (AvgIpc) is 2.81. The van der Waals surface area contributed by atoms with Crippen LogP contribution < -0.4 is 11.0 Å². The molecule has 1 aromatic carbocycles. The molecule has 6 nitrogen and oxygen atoms in total. The Balaban J connectivity index is 2.14. The molecular formula is C15H14N4O2. The number of imidazole rings is 1. The Morgan fingerprint density at radius 1 is 1.29 bits per heavy atom. The summed E-state index contributed by atoms with van der Waals surface area (Å²) in [4.78, 5) is 30.2. The van der Waals surface area contributed by atoms with Crippen molar-refractivity contribution in [1.82, 2.24) is 19.9 Å². The van der Waals surface area contributed by atoms with Gasteiger partial charge in [0.2, 0.25) is 0 Å². The van der Waals surface area contributed by atoms with Crippen molar-refractivity contribution < 1.29 is 4.79 Å². The Morgan fingerprint density at radius 3 is 2.86 bits per heavy atom. The molecule has 0 fully saturated rings. The lowest BCUT2D eigenvalue weighted by atomic mass is 10.0. The van der Waals surface area contributed by atoms with Crippen LogP contribution in [0.4, 0.5) is 0 Å². The molecule has 0 atom stereocenters. The monoisotopic (exact) mass is 282 g/mol. The van der Waals surface area contributed by atoms with E-state index in [1.54, 1.807) is 32.4 Å². The fraction of sp³-hybridized carbons (Fsp3) is 0.133. The normalized spacial score (nSPS) is 10.8. The van der Waals surface area contributed by atoms with Crippen LogP contribution in [0.2, 0.25) is 0 Å². The minimum absolute atomic E-state index is 0.139. The maximum Gasteiger partial charge on any atom is 0.327 e. The zero-order valence-corrected chi connectivity index (χ0v) is 11.7. The number of aryl methyl sites for hydroxylation is 1. The number of aromatic nitrogens is 3. The van der Waals surface area contributed by atoms with Crippen molar-refractivity contribution in [2.45, 2.75) is 0 Å². The summed E-state index contributed by atoms with van der Waals surface area (Å²) in [7, 11) is 3.28. The van der Waals surface area contributed by atoms with Crippen LogP contribution in [-0.4, -0.2) is 27.5 Å². The van der Waals surface area contributed by atoms with Crippen molar-refractivity contribution in [3.63, 3.8) is 0 Å². The highest BCUT2D eigenvalue weighted by Crippen LogP contribution is 2.22. The SMILES string of the molecule is CNC(=O)c1cccc(-c2cnc3[nH]c(=O)n(C)c3c2)c1. The summed E-state index contributed by atoms with van der Waals surface area (Å²) < 4.78 is 1.51. The third-order valence-corrected chi connectivity index (χ3v) is 3.44. The molecule has 3 aromatic rings. The van der Waals surface area contributed by atoms with Crippen molar-refractivity contribution in [1.29, 1.82) is 0 Å². The van der Waals surface area contributed by atoms with Gasteiger partial charge in [0.15, 0.2) is 5.65 Å². The number of rotatable bonds is 2. The molecule has 1 amide bonds. The number of pyridine rings is 1. The number of carbonyl (C=O) groups is 1. The molecule has 0 saturated heterocycles. The van der Waals surface area contributed by atoms with Crippen LogP contribution in [0.1, 0.15) is 10.4 Å². The summed E-state index contributed by atoms with van der Waals surface area (Å²) >= 11 is 0. The number of nitrogens with one attached hydrogen (secondary N) is 2. The first-order valence-corrected chi connectivity index (χ1v) is 6.47. The topological polar surface area (TPSA) is 79.8 Å². The molecule has 0 unspecified atom stereocenters. The predicted molar refractivity (Wildman–Crippen MR) is 80.2 cm³/mol. The minimum Gasteiger partial charge on any atom is -0.355 e. The van der Waals surface area contributed by atoms with Crippen LogP contribution in [0.3, 0.4) is 0 Å². The first kappa shape index (κ1) is 13.1. The molecule has 0 aliphatic carbocycles.